The van der Waals surface area contributed by atoms with Crippen molar-refractivity contribution in [2.24, 2.45) is 0 Å². The quantitative estimate of drug-likeness (QED) is 0.573. The smallest absolute Gasteiger partial charge is 0.201 e. The predicted octanol–water partition coefficient (Wildman–Crippen LogP) is 2.06. The maximum absolute atomic E-state index is 10.1. The highest BCUT2D eigenvalue weighted by Gasteiger charge is 2.12. The Labute approximate surface area is 146 Å². The molecule has 0 saturated heterocycles. The summed E-state index contributed by atoms with van der Waals surface area (Å²) in [6.07, 6.45) is 3.51. The second-order valence-corrected chi connectivity index (χ2v) is 5.36. The Bertz CT molecular complexity index is 742. The van der Waals surface area contributed by atoms with Crippen molar-refractivity contribution in [3.05, 3.63) is 52.1 Å². The molecule has 25 heavy (non-hydrogen) atoms. The van der Waals surface area contributed by atoms with E-state index in [0.29, 0.717) is 28.0 Å². The van der Waals surface area contributed by atoms with Gasteiger partial charge in [-0.15, -0.1) is 0 Å². The molecule has 4 N–H and O–H groups in total. The van der Waals surface area contributed by atoms with Crippen LogP contribution in [0.3, 0.4) is 0 Å². The number of phenols is 1. The minimum Gasteiger partial charge on any atom is -0.502 e. The number of aromatic hydroxyl groups is 1. The van der Waals surface area contributed by atoms with E-state index in [2.05, 4.69) is 0 Å². The number of hydrogen-bond acceptors (Lipinski definition) is 6. The summed E-state index contributed by atoms with van der Waals surface area (Å²) in [6.45, 7) is -0.732. The summed E-state index contributed by atoms with van der Waals surface area (Å²) in [6, 6.07) is 6.84. The van der Waals surface area contributed by atoms with E-state index >= 15 is 0 Å². The number of hydrogen-bond donors (Lipinski definition) is 4. The predicted molar refractivity (Wildman–Crippen MR) is 94.3 cm³/mol. The minimum atomic E-state index is -0.254. The van der Waals surface area contributed by atoms with Crippen LogP contribution in [0.1, 0.15) is 27.8 Å². The van der Waals surface area contributed by atoms with Crippen LogP contribution >= 0.6 is 0 Å². The van der Waals surface area contributed by atoms with Gasteiger partial charge in [0.15, 0.2) is 11.5 Å². The van der Waals surface area contributed by atoms with Gasteiger partial charge in [-0.1, -0.05) is 12.2 Å². The fourth-order valence-electron chi connectivity index (χ4n) is 2.67. The van der Waals surface area contributed by atoms with Crippen LogP contribution in [0.15, 0.2) is 24.3 Å². The van der Waals surface area contributed by atoms with Gasteiger partial charge in [-0.05, 0) is 46.5 Å². The molecule has 0 heterocycles. The second-order valence-electron chi connectivity index (χ2n) is 5.36. The molecule has 0 spiro atoms. The van der Waals surface area contributed by atoms with Crippen LogP contribution in [0.2, 0.25) is 0 Å². The summed E-state index contributed by atoms with van der Waals surface area (Å²) in [7, 11) is 2.91. The molecular formula is C19H22O6. The van der Waals surface area contributed by atoms with Crippen LogP contribution in [0.5, 0.6) is 17.2 Å². The summed E-state index contributed by atoms with van der Waals surface area (Å²) in [5.74, 6) is 0.508. The fraction of sp³-hybridized carbons (Fsp3) is 0.263. The summed E-state index contributed by atoms with van der Waals surface area (Å²) >= 11 is 0. The van der Waals surface area contributed by atoms with Gasteiger partial charge in [-0.3, -0.25) is 0 Å². The van der Waals surface area contributed by atoms with Crippen LogP contribution in [-0.4, -0.2) is 34.6 Å². The standard InChI is InChI=1S/C19H22O6/c1-24-17-6-5-13(19(25-2)18(17)23)4-3-12-7-14(9-20)16(11-22)15(8-12)10-21/h3-8,20-23H,9-11H2,1-2H3/b4-3-. The molecule has 2 rings (SSSR count). The molecule has 0 aliphatic heterocycles. The third kappa shape index (κ3) is 3.93. The van der Waals surface area contributed by atoms with Crippen molar-refractivity contribution in [1.82, 2.24) is 0 Å². The Morgan fingerprint density at radius 1 is 0.880 bits per heavy atom. The lowest BCUT2D eigenvalue weighted by molar-refractivity contribution is 0.247. The van der Waals surface area contributed by atoms with Crippen molar-refractivity contribution in [3.63, 3.8) is 0 Å². The van der Waals surface area contributed by atoms with E-state index in [4.69, 9.17) is 9.47 Å². The molecule has 0 atom stereocenters. The van der Waals surface area contributed by atoms with Crippen LogP contribution < -0.4 is 9.47 Å². The first-order valence-corrected chi connectivity index (χ1v) is 7.68. The maximum atomic E-state index is 10.1. The molecule has 0 aliphatic rings. The molecule has 6 nitrogen and oxygen atoms in total. The molecule has 6 heteroatoms. The van der Waals surface area contributed by atoms with Gasteiger partial charge >= 0.3 is 0 Å². The zero-order valence-electron chi connectivity index (χ0n) is 14.2. The lowest BCUT2D eigenvalue weighted by Crippen LogP contribution is -2.01. The highest BCUT2D eigenvalue weighted by atomic mass is 16.5. The summed E-state index contributed by atoms with van der Waals surface area (Å²) < 4.78 is 10.3. The third-order valence-corrected chi connectivity index (χ3v) is 3.96. The van der Waals surface area contributed by atoms with Gasteiger partial charge in [-0.25, -0.2) is 0 Å². The number of ether oxygens (including phenoxy) is 2. The second kappa shape index (κ2) is 8.53. The van der Waals surface area contributed by atoms with E-state index in [0.717, 1.165) is 5.56 Å². The van der Waals surface area contributed by atoms with Crippen molar-refractivity contribution in [1.29, 1.82) is 0 Å². The van der Waals surface area contributed by atoms with E-state index in [1.54, 1.807) is 36.4 Å². The number of aliphatic hydroxyl groups is 3. The van der Waals surface area contributed by atoms with Crippen molar-refractivity contribution in [2.75, 3.05) is 14.2 Å². The fourth-order valence-corrected chi connectivity index (χ4v) is 2.67. The minimum absolute atomic E-state index is 0.0881. The van der Waals surface area contributed by atoms with Crippen molar-refractivity contribution in [2.45, 2.75) is 19.8 Å². The molecule has 2 aromatic rings. The normalized spacial score (nSPS) is 11.1. The van der Waals surface area contributed by atoms with Gasteiger partial charge in [0, 0.05) is 5.56 Å². The number of rotatable bonds is 7. The maximum Gasteiger partial charge on any atom is 0.201 e. The number of benzene rings is 2. The summed E-state index contributed by atoms with van der Waals surface area (Å²) in [4.78, 5) is 0. The van der Waals surface area contributed by atoms with E-state index in [1.165, 1.54) is 14.2 Å². The van der Waals surface area contributed by atoms with Gasteiger partial charge in [0.1, 0.15) is 0 Å². The molecular weight excluding hydrogens is 324 g/mol. The zero-order chi connectivity index (χ0) is 18.4. The van der Waals surface area contributed by atoms with E-state index in [-0.39, 0.29) is 31.3 Å². The average Bonchev–Trinajstić information content (AvgIpc) is 2.65. The van der Waals surface area contributed by atoms with E-state index < -0.39 is 0 Å². The Kier molecular flexibility index (Phi) is 6.41. The Morgan fingerprint density at radius 2 is 1.52 bits per heavy atom. The summed E-state index contributed by atoms with van der Waals surface area (Å²) in [5, 5.41) is 38.5. The third-order valence-electron chi connectivity index (χ3n) is 3.96. The first-order valence-electron chi connectivity index (χ1n) is 7.68. The van der Waals surface area contributed by atoms with Crippen molar-refractivity contribution < 1.29 is 29.9 Å². The van der Waals surface area contributed by atoms with Gasteiger partial charge in [0.05, 0.1) is 34.0 Å². The van der Waals surface area contributed by atoms with Gasteiger partial charge < -0.3 is 29.9 Å². The zero-order valence-corrected chi connectivity index (χ0v) is 14.2. The lowest BCUT2D eigenvalue weighted by Gasteiger charge is -2.12. The summed E-state index contributed by atoms with van der Waals surface area (Å²) in [5.41, 5.74) is 3.02. The molecule has 0 fully saturated rings. The Morgan fingerprint density at radius 3 is 2.00 bits per heavy atom. The molecule has 0 bridgehead atoms. The number of methoxy groups -OCH3 is 2. The topological polar surface area (TPSA) is 99.4 Å². The van der Waals surface area contributed by atoms with Gasteiger partial charge in [-0.2, -0.15) is 0 Å². The molecule has 0 amide bonds. The van der Waals surface area contributed by atoms with Crippen LogP contribution in [0.4, 0.5) is 0 Å². The number of aliphatic hydroxyl groups excluding tert-OH is 3. The van der Waals surface area contributed by atoms with E-state index in [1.807, 2.05) is 0 Å². The largest absolute Gasteiger partial charge is 0.502 e. The highest BCUT2D eigenvalue weighted by Crippen LogP contribution is 2.39. The first-order chi connectivity index (χ1) is 12.1. The molecule has 134 valence electrons. The van der Waals surface area contributed by atoms with Crippen LogP contribution in [0.25, 0.3) is 12.2 Å². The Balaban J connectivity index is 2.44. The SMILES string of the molecule is COc1ccc(/C=C\c2cc(CO)c(CO)c(CO)c2)c(OC)c1O. The molecule has 0 saturated carbocycles. The van der Waals surface area contributed by atoms with Crippen molar-refractivity contribution >= 4 is 12.2 Å². The molecule has 2 aromatic carbocycles. The monoisotopic (exact) mass is 346 g/mol. The highest BCUT2D eigenvalue weighted by molar-refractivity contribution is 5.76. The molecule has 0 unspecified atom stereocenters. The van der Waals surface area contributed by atoms with Gasteiger partial charge in [0.2, 0.25) is 5.75 Å². The van der Waals surface area contributed by atoms with Crippen LogP contribution in [-0.2, 0) is 19.8 Å². The average molecular weight is 346 g/mol. The van der Waals surface area contributed by atoms with Crippen LogP contribution in [0, 0.1) is 0 Å². The van der Waals surface area contributed by atoms with E-state index in [9.17, 15) is 20.4 Å². The molecule has 0 aliphatic carbocycles. The number of phenolic OH excluding ortho intramolecular Hbond substituents is 1. The Hall–Kier alpha value is -2.54. The molecule has 0 aromatic heterocycles. The van der Waals surface area contributed by atoms with Crippen molar-refractivity contribution in [3.8, 4) is 17.2 Å². The first kappa shape index (κ1) is 18.8. The van der Waals surface area contributed by atoms with Gasteiger partial charge in [0.25, 0.3) is 0 Å². The lowest BCUT2D eigenvalue weighted by atomic mass is 9.98. The molecule has 0 radical (unpaired) electrons.